The molecule has 3 nitrogen and oxygen atoms in total. The van der Waals surface area contributed by atoms with Crippen LogP contribution in [0, 0.1) is 11.7 Å². The molecule has 0 bridgehead atoms. The van der Waals surface area contributed by atoms with Crippen LogP contribution in [-0.4, -0.2) is 37.6 Å². The normalized spacial score (nSPS) is 16.7. The molecule has 0 radical (unpaired) electrons. The van der Waals surface area contributed by atoms with Crippen molar-refractivity contribution in [3.8, 4) is 0 Å². The molecule has 1 aromatic rings. The van der Waals surface area contributed by atoms with Crippen LogP contribution >= 0.6 is 12.6 Å². The highest BCUT2D eigenvalue weighted by Crippen LogP contribution is 2.21. The Bertz CT molecular complexity index is 459. The summed E-state index contributed by atoms with van der Waals surface area (Å²) in [6.45, 7) is 2.21. The summed E-state index contributed by atoms with van der Waals surface area (Å²) in [6, 6.07) is 4.29. The predicted octanol–water partition coefficient (Wildman–Crippen LogP) is 2.61. The quantitative estimate of drug-likeness (QED) is 0.864. The number of ether oxygens (including phenoxy) is 1. The molecule has 1 aromatic carbocycles. The summed E-state index contributed by atoms with van der Waals surface area (Å²) < 4.78 is 18.3. The number of hydrogen-bond acceptors (Lipinski definition) is 3. The van der Waals surface area contributed by atoms with Crippen LogP contribution in [-0.2, 0) is 4.74 Å². The lowest BCUT2D eigenvalue weighted by molar-refractivity contribution is 0.0613. The van der Waals surface area contributed by atoms with E-state index in [4.69, 9.17) is 4.74 Å². The molecule has 1 saturated heterocycles. The van der Waals surface area contributed by atoms with Crippen molar-refractivity contribution in [3.63, 3.8) is 0 Å². The first-order chi connectivity index (χ1) is 9.11. The number of hydrogen-bond donors (Lipinski definition) is 1. The Morgan fingerprint density at radius 3 is 2.74 bits per heavy atom. The molecular formula is C14H18FNO2S. The number of rotatable bonds is 3. The molecule has 1 fully saturated rings. The van der Waals surface area contributed by atoms with E-state index in [0.29, 0.717) is 11.5 Å². The van der Waals surface area contributed by atoms with Gasteiger partial charge >= 0.3 is 0 Å². The van der Waals surface area contributed by atoms with Crippen LogP contribution in [0.4, 0.5) is 4.39 Å². The van der Waals surface area contributed by atoms with Crippen molar-refractivity contribution in [1.82, 2.24) is 4.90 Å². The van der Waals surface area contributed by atoms with Gasteiger partial charge in [0.15, 0.2) is 0 Å². The molecule has 1 aliphatic heterocycles. The zero-order valence-corrected chi connectivity index (χ0v) is 11.8. The maximum absolute atomic E-state index is 13.1. The van der Waals surface area contributed by atoms with Crippen LogP contribution in [0.2, 0.25) is 0 Å². The van der Waals surface area contributed by atoms with Gasteiger partial charge in [0, 0.05) is 37.3 Å². The molecule has 0 aliphatic carbocycles. The molecule has 1 aliphatic rings. The second kappa shape index (κ2) is 6.39. The number of carbonyl (C=O) groups is 1. The zero-order chi connectivity index (χ0) is 13.8. The summed E-state index contributed by atoms with van der Waals surface area (Å²) >= 11 is 4.01. The lowest BCUT2D eigenvalue weighted by Gasteiger charge is -2.31. The maximum atomic E-state index is 13.1. The predicted molar refractivity (Wildman–Crippen MR) is 74.2 cm³/mol. The molecule has 2 rings (SSSR count). The van der Waals surface area contributed by atoms with E-state index < -0.39 is 5.82 Å². The van der Waals surface area contributed by atoms with E-state index in [-0.39, 0.29) is 10.8 Å². The van der Waals surface area contributed by atoms with Crippen molar-refractivity contribution < 1.29 is 13.9 Å². The van der Waals surface area contributed by atoms with E-state index in [1.54, 1.807) is 7.11 Å². The molecule has 0 N–H and O–H groups in total. The van der Waals surface area contributed by atoms with Crippen molar-refractivity contribution >= 4 is 18.5 Å². The Morgan fingerprint density at radius 2 is 2.16 bits per heavy atom. The Balaban J connectivity index is 1.99. The summed E-state index contributed by atoms with van der Waals surface area (Å²) in [7, 11) is 1.70. The first-order valence-electron chi connectivity index (χ1n) is 6.38. The largest absolute Gasteiger partial charge is 0.384 e. The van der Waals surface area contributed by atoms with Crippen molar-refractivity contribution in [2.75, 3.05) is 26.8 Å². The average Bonchev–Trinajstić information content (AvgIpc) is 2.42. The van der Waals surface area contributed by atoms with E-state index in [0.717, 1.165) is 32.5 Å². The van der Waals surface area contributed by atoms with Crippen LogP contribution in [0.3, 0.4) is 0 Å². The van der Waals surface area contributed by atoms with E-state index in [2.05, 4.69) is 12.6 Å². The molecule has 0 atom stereocenters. The molecule has 0 spiro atoms. The fraction of sp³-hybridized carbons (Fsp3) is 0.500. The average molecular weight is 283 g/mol. The number of piperidine rings is 1. The minimum Gasteiger partial charge on any atom is -0.384 e. The van der Waals surface area contributed by atoms with Gasteiger partial charge in [0.2, 0.25) is 0 Å². The highest BCUT2D eigenvalue weighted by atomic mass is 32.1. The number of likely N-dealkylation sites (tertiary alicyclic amines) is 1. The molecule has 1 heterocycles. The lowest BCUT2D eigenvalue weighted by atomic mass is 9.97. The smallest absolute Gasteiger partial charge is 0.253 e. The summed E-state index contributed by atoms with van der Waals surface area (Å²) in [4.78, 5) is 14.3. The maximum Gasteiger partial charge on any atom is 0.253 e. The summed E-state index contributed by atoms with van der Waals surface area (Å²) in [5, 5.41) is 0. The molecule has 5 heteroatoms. The second-order valence-corrected chi connectivity index (χ2v) is 5.34. The van der Waals surface area contributed by atoms with Gasteiger partial charge in [-0.05, 0) is 37.0 Å². The Morgan fingerprint density at radius 1 is 1.47 bits per heavy atom. The highest BCUT2D eigenvalue weighted by Gasteiger charge is 2.23. The minimum absolute atomic E-state index is 0.0498. The van der Waals surface area contributed by atoms with Crippen LogP contribution in [0.1, 0.15) is 23.2 Å². The third-order valence-electron chi connectivity index (χ3n) is 3.50. The highest BCUT2D eigenvalue weighted by molar-refractivity contribution is 7.80. The van der Waals surface area contributed by atoms with Crippen LogP contribution in [0.15, 0.2) is 23.1 Å². The molecule has 0 unspecified atom stereocenters. The number of halogens is 1. The van der Waals surface area contributed by atoms with Crippen molar-refractivity contribution in [2.24, 2.45) is 5.92 Å². The Labute approximate surface area is 118 Å². The molecule has 1 amide bonds. The van der Waals surface area contributed by atoms with Crippen molar-refractivity contribution in [2.45, 2.75) is 17.7 Å². The number of thiol groups is 1. The van der Waals surface area contributed by atoms with Gasteiger partial charge in [-0.25, -0.2) is 4.39 Å². The van der Waals surface area contributed by atoms with Gasteiger partial charge in [-0.2, -0.15) is 0 Å². The lowest BCUT2D eigenvalue weighted by Crippen LogP contribution is -2.39. The monoisotopic (exact) mass is 283 g/mol. The standard InChI is InChI=1S/C14H18FNO2S/c1-18-9-10-4-6-16(7-5-10)14(17)11-2-3-12(15)13(19)8-11/h2-3,8,10,19H,4-7,9H2,1H3. The third kappa shape index (κ3) is 3.48. The van der Waals surface area contributed by atoms with Gasteiger partial charge in [0.05, 0.1) is 0 Å². The number of methoxy groups -OCH3 is 1. The number of amides is 1. The zero-order valence-electron chi connectivity index (χ0n) is 10.9. The molecule has 0 saturated carbocycles. The third-order valence-corrected chi connectivity index (χ3v) is 3.84. The number of benzene rings is 1. The fourth-order valence-electron chi connectivity index (χ4n) is 2.37. The van der Waals surface area contributed by atoms with Gasteiger partial charge in [-0.1, -0.05) is 0 Å². The van der Waals surface area contributed by atoms with Crippen LogP contribution in [0.5, 0.6) is 0 Å². The van der Waals surface area contributed by atoms with Gasteiger partial charge in [-0.15, -0.1) is 12.6 Å². The molecule has 0 aromatic heterocycles. The summed E-state index contributed by atoms with van der Waals surface area (Å²) in [5.41, 5.74) is 0.497. The molecule has 104 valence electrons. The topological polar surface area (TPSA) is 29.5 Å². The van der Waals surface area contributed by atoms with Gasteiger partial charge in [0.25, 0.3) is 5.91 Å². The minimum atomic E-state index is -0.404. The Hall–Kier alpha value is -1.07. The van der Waals surface area contributed by atoms with Gasteiger partial charge < -0.3 is 9.64 Å². The van der Waals surface area contributed by atoms with Crippen molar-refractivity contribution in [1.29, 1.82) is 0 Å². The Kier molecular flexibility index (Phi) is 4.82. The van der Waals surface area contributed by atoms with Gasteiger partial charge in [0.1, 0.15) is 5.82 Å². The SMILES string of the molecule is COCC1CCN(C(=O)c2ccc(F)c(S)c2)CC1. The van der Waals surface area contributed by atoms with Crippen LogP contribution in [0.25, 0.3) is 0 Å². The molecular weight excluding hydrogens is 265 g/mol. The number of nitrogens with zero attached hydrogens (tertiary/aromatic N) is 1. The first kappa shape index (κ1) is 14.3. The van der Waals surface area contributed by atoms with E-state index in [9.17, 15) is 9.18 Å². The molecule has 19 heavy (non-hydrogen) atoms. The number of carbonyl (C=O) groups excluding carboxylic acids is 1. The van der Waals surface area contributed by atoms with Gasteiger partial charge in [-0.3, -0.25) is 4.79 Å². The second-order valence-electron chi connectivity index (χ2n) is 4.86. The van der Waals surface area contributed by atoms with E-state index in [1.807, 2.05) is 4.90 Å². The summed E-state index contributed by atoms with van der Waals surface area (Å²) in [5.74, 6) is 0.0764. The van der Waals surface area contributed by atoms with E-state index in [1.165, 1.54) is 18.2 Å². The first-order valence-corrected chi connectivity index (χ1v) is 6.83. The van der Waals surface area contributed by atoms with E-state index >= 15 is 0 Å². The summed E-state index contributed by atoms with van der Waals surface area (Å²) in [6.07, 6.45) is 1.91. The van der Waals surface area contributed by atoms with Crippen molar-refractivity contribution in [3.05, 3.63) is 29.6 Å². The fourth-order valence-corrected chi connectivity index (χ4v) is 2.58. The van der Waals surface area contributed by atoms with Crippen LogP contribution < -0.4 is 0 Å².